The summed E-state index contributed by atoms with van der Waals surface area (Å²) in [5.74, 6) is 4.96. The van der Waals surface area contributed by atoms with E-state index >= 15 is 0 Å². The molecular weight excluding hydrogens is 216 g/mol. The summed E-state index contributed by atoms with van der Waals surface area (Å²) in [6.07, 6.45) is 1.35. The maximum Gasteiger partial charge on any atom is 0.175 e. The SMILES string of the molecule is CC1(O)C2C3CC4C5C3C1C5C1(OCCO1)C42. The fourth-order valence-corrected chi connectivity index (χ4v) is 7.74. The highest BCUT2D eigenvalue weighted by atomic mass is 16.7. The molecule has 6 rings (SSSR count). The summed E-state index contributed by atoms with van der Waals surface area (Å²) in [4.78, 5) is 0. The topological polar surface area (TPSA) is 38.7 Å². The molecule has 0 aromatic rings. The van der Waals surface area contributed by atoms with Gasteiger partial charge in [-0.15, -0.1) is 0 Å². The molecule has 5 saturated carbocycles. The van der Waals surface area contributed by atoms with Gasteiger partial charge in [-0.1, -0.05) is 0 Å². The Morgan fingerprint density at radius 3 is 2.35 bits per heavy atom. The molecule has 5 aliphatic carbocycles. The van der Waals surface area contributed by atoms with Gasteiger partial charge in [0.2, 0.25) is 0 Å². The second-order valence-electron chi connectivity index (χ2n) is 7.47. The van der Waals surface area contributed by atoms with E-state index in [1.54, 1.807) is 0 Å². The van der Waals surface area contributed by atoms with E-state index in [-0.39, 0.29) is 5.79 Å². The standard InChI is InChI=1S/C14H18O3/c1-13(15)9-5-4-6-8-7(5)11(13)12(8)14(10(6)9)16-2-3-17-14/h5-12,15H,2-4H2,1H3. The van der Waals surface area contributed by atoms with Crippen LogP contribution in [0.1, 0.15) is 13.3 Å². The smallest absolute Gasteiger partial charge is 0.175 e. The van der Waals surface area contributed by atoms with Crippen LogP contribution in [0.3, 0.4) is 0 Å². The Balaban J connectivity index is 1.64. The third-order valence-corrected chi connectivity index (χ3v) is 7.52. The Bertz CT molecular complexity index is 439. The molecule has 0 aromatic heterocycles. The number of fused-ring (bicyclic) bond motifs is 4. The molecule has 3 heteroatoms. The van der Waals surface area contributed by atoms with E-state index in [9.17, 15) is 5.11 Å². The number of ether oxygens (including phenoxy) is 2. The lowest BCUT2D eigenvalue weighted by Crippen LogP contribution is -2.63. The van der Waals surface area contributed by atoms with E-state index in [1.165, 1.54) is 6.42 Å². The van der Waals surface area contributed by atoms with Gasteiger partial charge in [0.25, 0.3) is 0 Å². The predicted molar refractivity (Wildman–Crippen MR) is 57.8 cm³/mol. The predicted octanol–water partition coefficient (Wildman–Crippen LogP) is 0.868. The lowest BCUT2D eigenvalue weighted by Gasteiger charge is -2.56. The summed E-state index contributed by atoms with van der Waals surface area (Å²) in [6, 6.07) is 0. The van der Waals surface area contributed by atoms with Crippen LogP contribution in [0, 0.1) is 47.3 Å². The van der Waals surface area contributed by atoms with Gasteiger partial charge in [-0.2, -0.15) is 0 Å². The van der Waals surface area contributed by atoms with E-state index in [2.05, 4.69) is 6.92 Å². The second kappa shape index (κ2) is 2.10. The first-order valence-corrected chi connectivity index (χ1v) is 7.18. The van der Waals surface area contributed by atoms with Crippen LogP contribution in [-0.4, -0.2) is 29.7 Å². The Morgan fingerprint density at radius 2 is 1.59 bits per heavy atom. The Labute approximate surface area is 100 Å². The van der Waals surface area contributed by atoms with Crippen molar-refractivity contribution in [3.8, 4) is 0 Å². The molecule has 1 spiro atoms. The summed E-state index contributed by atoms with van der Waals surface area (Å²) in [5, 5.41) is 10.9. The van der Waals surface area contributed by atoms with Gasteiger partial charge in [0.05, 0.1) is 18.8 Å². The van der Waals surface area contributed by atoms with Crippen LogP contribution in [0.2, 0.25) is 0 Å². The Morgan fingerprint density at radius 1 is 0.941 bits per heavy atom. The largest absolute Gasteiger partial charge is 0.390 e. The van der Waals surface area contributed by atoms with Crippen LogP contribution in [0.4, 0.5) is 0 Å². The summed E-state index contributed by atoms with van der Waals surface area (Å²) >= 11 is 0. The minimum Gasteiger partial charge on any atom is -0.390 e. The number of aliphatic hydroxyl groups is 1. The fourth-order valence-electron chi connectivity index (χ4n) is 7.74. The van der Waals surface area contributed by atoms with E-state index < -0.39 is 5.60 Å². The van der Waals surface area contributed by atoms with E-state index in [0.29, 0.717) is 23.7 Å². The van der Waals surface area contributed by atoms with Gasteiger partial charge in [-0.3, -0.25) is 0 Å². The highest BCUT2D eigenvalue weighted by molar-refractivity contribution is 5.36. The Hall–Kier alpha value is -0.120. The molecular formula is C14H18O3. The van der Waals surface area contributed by atoms with Crippen LogP contribution in [0.15, 0.2) is 0 Å². The molecule has 9 atom stereocenters. The first kappa shape index (κ1) is 8.89. The number of rotatable bonds is 0. The monoisotopic (exact) mass is 234 g/mol. The van der Waals surface area contributed by atoms with E-state index in [1.807, 2.05) is 0 Å². The van der Waals surface area contributed by atoms with Crippen molar-refractivity contribution in [2.45, 2.75) is 24.7 Å². The second-order valence-corrected chi connectivity index (χ2v) is 7.47. The van der Waals surface area contributed by atoms with Crippen molar-refractivity contribution < 1.29 is 14.6 Å². The van der Waals surface area contributed by atoms with E-state index in [4.69, 9.17) is 9.47 Å². The summed E-state index contributed by atoms with van der Waals surface area (Å²) in [6.45, 7) is 3.63. The number of hydrogen-bond donors (Lipinski definition) is 1. The molecule has 6 fully saturated rings. The molecule has 0 amide bonds. The lowest BCUT2D eigenvalue weighted by molar-refractivity contribution is -0.295. The molecule has 1 heterocycles. The van der Waals surface area contributed by atoms with Crippen molar-refractivity contribution in [3.05, 3.63) is 0 Å². The zero-order chi connectivity index (χ0) is 11.2. The molecule has 2 bridgehead atoms. The molecule has 17 heavy (non-hydrogen) atoms. The molecule has 1 saturated heterocycles. The lowest BCUT2D eigenvalue weighted by atomic mass is 9.54. The van der Waals surface area contributed by atoms with E-state index in [0.717, 1.165) is 36.9 Å². The quantitative estimate of drug-likeness (QED) is 0.676. The van der Waals surface area contributed by atoms with Crippen molar-refractivity contribution in [2.75, 3.05) is 13.2 Å². The first-order chi connectivity index (χ1) is 8.18. The van der Waals surface area contributed by atoms with Gasteiger partial charge in [0, 0.05) is 11.8 Å². The van der Waals surface area contributed by atoms with Crippen LogP contribution in [0.25, 0.3) is 0 Å². The highest BCUT2D eigenvalue weighted by Gasteiger charge is 2.91. The van der Waals surface area contributed by atoms with Gasteiger partial charge in [0.1, 0.15) is 0 Å². The normalized spacial score (nSPS) is 75.2. The molecule has 9 unspecified atom stereocenters. The van der Waals surface area contributed by atoms with Gasteiger partial charge in [-0.05, 0) is 48.9 Å². The summed E-state index contributed by atoms with van der Waals surface area (Å²) < 4.78 is 12.2. The average Bonchev–Trinajstić information content (AvgIpc) is 2.86. The van der Waals surface area contributed by atoms with Gasteiger partial charge in [0.15, 0.2) is 5.79 Å². The van der Waals surface area contributed by atoms with Gasteiger partial charge in [-0.25, -0.2) is 0 Å². The van der Waals surface area contributed by atoms with Crippen molar-refractivity contribution in [2.24, 2.45) is 47.3 Å². The third-order valence-electron chi connectivity index (χ3n) is 7.52. The van der Waals surface area contributed by atoms with Crippen LogP contribution in [0.5, 0.6) is 0 Å². The zero-order valence-electron chi connectivity index (χ0n) is 10.0. The van der Waals surface area contributed by atoms with Gasteiger partial charge < -0.3 is 14.6 Å². The third kappa shape index (κ3) is 0.576. The van der Waals surface area contributed by atoms with Crippen LogP contribution < -0.4 is 0 Å². The molecule has 6 aliphatic rings. The average molecular weight is 234 g/mol. The first-order valence-electron chi connectivity index (χ1n) is 7.18. The van der Waals surface area contributed by atoms with Crippen molar-refractivity contribution in [1.29, 1.82) is 0 Å². The zero-order valence-corrected chi connectivity index (χ0v) is 10.0. The summed E-state index contributed by atoms with van der Waals surface area (Å²) in [5.41, 5.74) is -0.424. The molecule has 1 aliphatic heterocycles. The number of hydrogen-bond acceptors (Lipinski definition) is 3. The van der Waals surface area contributed by atoms with Crippen molar-refractivity contribution in [1.82, 2.24) is 0 Å². The van der Waals surface area contributed by atoms with Crippen molar-refractivity contribution in [3.63, 3.8) is 0 Å². The molecule has 0 radical (unpaired) electrons. The maximum absolute atomic E-state index is 10.9. The molecule has 0 aromatic carbocycles. The molecule has 92 valence electrons. The Kier molecular flexibility index (Phi) is 1.10. The minimum atomic E-state index is -0.424. The maximum atomic E-state index is 10.9. The fraction of sp³-hybridized carbons (Fsp3) is 1.00. The highest BCUT2D eigenvalue weighted by Crippen LogP contribution is 2.88. The van der Waals surface area contributed by atoms with Crippen LogP contribution in [-0.2, 0) is 9.47 Å². The summed E-state index contributed by atoms with van der Waals surface area (Å²) in [7, 11) is 0. The molecule has 1 N–H and O–H groups in total. The van der Waals surface area contributed by atoms with Gasteiger partial charge >= 0.3 is 0 Å². The minimum absolute atomic E-state index is 0.255. The van der Waals surface area contributed by atoms with Crippen LogP contribution >= 0.6 is 0 Å². The van der Waals surface area contributed by atoms with Crippen molar-refractivity contribution >= 4 is 0 Å². The molecule has 3 nitrogen and oxygen atoms in total.